The standard InChI is InChI=1S/C23H31N3O3S2/c1-18-15-21(19(2)30-18)31(28,29)26-13-11-25(12-14-26)16-22(27)24-17-23(9-6-10-23)20-7-4-3-5-8-20/h3-5,7-8,15H,6,9-14,16-17H2,1-2H3,(H,24,27). The van der Waals surface area contributed by atoms with E-state index in [1.165, 1.54) is 23.3 Å². The Morgan fingerprint density at radius 2 is 1.77 bits per heavy atom. The van der Waals surface area contributed by atoms with Gasteiger partial charge in [-0.1, -0.05) is 36.8 Å². The number of carbonyl (C=O) groups excluding carboxylic acids is 1. The summed E-state index contributed by atoms with van der Waals surface area (Å²) in [4.78, 5) is 16.9. The van der Waals surface area contributed by atoms with Gasteiger partial charge in [-0.25, -0.2) is 8.42 Å². The van der Waals surface area contributed by atoms with Gasteiger partial charge in [0.15, 0.2) is 0 Å². The number of hydrogen-bond acceptors (Lipinski definition) is 5. The van der Waals surface area contributed by atoms with Crippen LogP contribution < -0.4 is 5.32 Å². The Labute approximate surface area is 189 Å². The van der Waals surface area contributed by atoms with Gasteiger partial charge < -0.3 is 5.32 Å². The maximum Gasteiger partial charge on any atom is 0.244 e. The minimum atomic E-state index is -3.46. The SMILES string of the molecule is Cc1cc(S(=O)(=O)N2CCN(CC(=O)NCC3(c4ccccc4)CCC3)CC2)c(C)s1. The maximum atomic E-state index is 13.0. The van der Waals surface area contributed by atoms with Crippen LogP contribution in [0.3, 0.4) is 0 Å². The van der Waals surface area contributed by atoms with Crippen molar-refractivity contribution in [3.8, 4) is 0 Å². The van der Waals surface area contributed by atoms with Crippen LogP contribution in [0.4, 0.5) is 0 Å². The van der Waals surface area contributed by atoms with Crippen LogP contribution in [0.25, 0.3) is 0 Å². The van der Waals surface area contributed by atoms with Crippen LogP contribution in [0.15, 0.2) is 41.3 Å². The molecule has 0 spiro atoms. The Morgan fingerprint density at radius 1 is 1.10 bits per heavy atom. The van der Waals surface area contributed by atoms with Gasteiger partial charge in [-0.3, -0.25) is 9.69 Å². The van der Waals surface area contributed by atoms with Crippen molar-refractivity contribution in [3.63, 3.8) is 0 Å². The first-order valence-corrected chi connectivity index (χ1v) is 13.2. The fraction of sp³-hybridized carbons (Fsp3) is 0.522. The number of carbonyl (C=O) groups is 1. The van der Waals surface area contributed by atoms with Gasteiger partial charge in [0.05, 0.1) is 11.4 Å². The molecule has 1 aromatic heterocycles. The highest BCUT2D eigenvalue weighted by molar-refractivity contribution is 7.89. The molecule has 2 heterocycles. The number of thiophene rings is 1. The summed E-state index contributed by atoms with van der Waals surface area (Å²) in [6.45, 7) is 6.73. The van der Waals surface area contributed by atoms with Crippen molar-refractivity contribution in [1.82, 2.24) is 14.5 Å². The molecule has 1 amide bonds. The normalized spacial score (nSPS) is 19.7. The van der Waals surface area contributed by atoms with Gasteiger partial charge in [-0.15, -0.1) is 11.3 Å². The predicted octanol–water partition coefficient (Wildman–Crippen LogP) is 2.91. The van der Waals surface area contributed by atoms with Crippen molar-refractivity contribution in [2.45, 2.75) is 43.4 Å². The van der Waals surface area contributed by atoms with Gasteiger partial charge in [0.25, 0.3) is 0 Å². The zero-order valence-electron chi connectivity index (χ0n) is 18.3. The molecule has 1 aromatic carbocycles. The number of hydrogen-bond donors (Lipinski definition) is 1. The number of sulfonamides is 1. The number of aryl methyl sites for hydroxylation is 2. The Balaban J connectivity index is 1.28. The lowest BCUT2D eigenvalue weighted by Gasteiger charge is -2.43. The average Bonchev–Trinajstić information content (AvgIpc) is 3.07. The molecule has 0 radical (unpaired) electrons. The van der Waals surface area contributed by atoms with E-state index in [4.69, 9.17) is 0 Å². The molecule has 4 rings (SSSR count). The number of nitrogens with one attached hydrogen (secondary N) is 1. The highest BCUT2D eigenvalue weighted by Crippen LogP contribution is 2.43. The van der Waals surface area contributed by atoms with E-state index in [1.54, 1.807) is 10.4 Å². The van der Waals surface area contributed by atoms with Gasteiger partial charge in [-0.2, -0.15) is 4.31 Å². The summed E-state index contributed by atoms with van der Waals surface area (Å²) in [5.41, 5.74) is 1.37. The van der Waals surface area contributed by atoms with E-state index in [0.717, 1.165) is 22.6 Å². The molecule has 2 aromatic rings. The molecule has 1 aliphatic carbocycles. The monoisotopic (exact) mass is 461 g/mol. The third-order valence-corrected chi connectivity index (χ3v) is 9.75. The molecule has 2 aliphatic rings. The van der Waals surface area contributed by atoms with Crippen LogP contribution in [0.2, 0.25) is 0 Å². The minimum Gasteiger partial charge on any atom is -0.354 e. The van der Waals surface area contributed by atoms with Crippen molar-refractivity contribution < 1.29 is 13.2 Å². The molecular weight excluding hydrogens is 430 g/mol. The van der Waals surface area contributed by atoms with E-state index in [0.29, 0.717) is 44.2 Å². The molecule has 8 heteroatoms. The lowest BCUT2D eigenvalue weighted by atomic mass is 9.64. The van der Waals surface area contributed by atoms with Gasteiger partial charge in [0.2, 0.25) is 15.9 Å². The van der Waals surface area contributed by atoms with Gasteiger partial charge in [0.1, 0.15) is 0 Å². The zero-order chi connectivity index (χ0) is 22.1. The third-order valence-electron chi connectivity index (χ3n) is 6.63. The Morgan fingerprint density at radius 3 is 2.32 bits per heavy atom. The number of nitrogens with zero attached hydrogens (tertiary/aromatic N) is 2. The summed E-state index contributed by atoms with van der Waals surface area (Å²) in [6.07, 6.45) is 3.41. The Kier molecular flexibility index (Phi) is 6.53. The fourth-order valence-corrected chi connectivity index (χ4v) is 7.57. The van der Waals surface area contributed by atoms with Crippen molar-refractivity contribution in [3.05, 3.63) is 51.7 Å². The van der Waals surface area contributed by atoms with Gasteiger partial charge in [-0.05, 0) is 38.3 Å². The fourth-order valence-electron chi connectivity index (χ4n) is 4.62. The Hall–Kier alpha value is -1.74. The second-order valence-corrected chi connectivity index (χ2v) is 12.1. The van der Waals surface area contributed by atoms with Gasteiger partial charge in [0, 0.05) is 47.9 Å². The Bertz CT molecular complexity index is 1020. The average molecular weight is 462 g/mol. The summed E-state index contributed by atoms with van der Waals surface area (Å²) < 4.78 is 27.5. The largest absolute Gasteiger partial charge is 0.354 e. The van der Waals surface area contributed by atoms with E-state index in [-0.39, 0.29) is 11.3 Å². The van der Waals surface area contributed by atoms with Crippen LogP contribution >= 0.6 is 11.3 Å². The molecule has 31 heavy (non-hydrogen) atoms. The first kappa shape index (κ1) is 22.5. The van der Waals surface area contributed by atoms with E-state index >= 15 is 0 Å². The number of benzene rings is 1. The number of rotatable bonds is 7. The second-order valence-electron chi connectivity index (χ2n) is 8.73. The summed E-state index contributed by atoms with van der Waals surface area (Å²) in [6, 6.07) is 12.2. The van der Waals surface area contributed by atoms with Crippen LogP contribution in [0.1, 0.15) is 34.6 Å². The van der Waals surface area contributed by atoms with Crippen LogP contribution in [-0.2, 0) is 20.2 Å². The molecular formula is C23H31N3O3S2. The lowest BCUT2D eigenvalue weighted by Crippen LogP contribution is -2.52. The van der Waals surface area contributed by atoms with Crippen molar-refractivity contribution in [2.75, 3.05) is 39.3 Å². The second kappa shape index (κ2) is 9.02. The van der Waals surface area contributed by atoms with Crippen molar-refractivity contribution >= 4 is 27.3 Å². The zero-order valence-corrected chi connectivity index (χ0v) is 19.9. The number of piperazine rings is 1. The molecule has 0 unspecified atom stereocenters. The predicted molar refractivity (Wildman–Crippen MR) is 124 cm³/mol. The summed E-state index contributed by atoms with van der Waals surface area (Å²) >= 11 is 1.51. The highest BCUT2D eigenvalue weighted by atomic mass is 32.2. The number of amides is 1. The van der Waals surface area contributed by atoms with Crippen LogP contribution in [0, 0.1) is 13.8 Å². The molecule has 0 atom stereocenters. The van der Waals surface area contributed by atoms with Crippen LogP contribution in [-0.4, -0.2) is 62.8 Å². The molecule has 1 saturated heterocycles. The molecule has 1 aliphatic heterocycles. The van der Waals surface area contributed by atoms with Crippen molar-refractivity contribution in [2.24, 2.45) is 0 Å². The summed E-state index contributed by atoms with van der Waals surface area (Å²) in [5.74, 6) is 0.0165. The van der Waals surface area contributed by atoms with Crippen molar-refractivity contribution in [1.29, 1.82) is 0 Å². The van der Waals surface area contributed by atoms with Crippen LogP contribution in [0.5, 0.6) is 0 Å². The molecule has 168 valence electrons. The van der Waals surface area contributed by atoms with Gasteiger partial charge >= 0.3 is 0 Å². The molecule has 0 bridgehead atoms. The minimum absolute atomic E-state index is 0.0165. The quantitative estimate of drug-likeness (QED) is 0.688. The summed E-state index contributed by atoms with van der Waals surface area (Å²) in [5, 5.41) is 3.14. The topological polar surface area (TPSA) is 69.7 Å². The molecule has 6 nitrogen and oxygen atoms in total. The molecule has 1 N–H and O–H groups in total. The molecule has 1 saturated carbocycles. The summed E-state index contributed by atoms with van der Waals surface area (Å²) in [7, 11) is -3.46. The smallest absolute Gasteiger partial charge is 0.244 e. The lowest BCUT2D eigenvalue weighted by molar-refractivity contribution is -0.123. The van der Waals surface area contributed by atoms with E-state index < -0.39 is 10.0 Å². The first-order valence-electron chi connectivity index (χ1n) is 10.9. The maximum absolute atomic E-state index is 13.0. The molecule has 2 fully saturated rings. The third kappa shape index (κ3) is 4.72. The first-order chi connectivity index (χ1) is 14.8. The van der Waals surface area contributed by atoms with E-state index in [9.17, 15) is 13.2 Å². The van der Waals surface area contributed by atoms with E-state index in [2.05, 4.69) is 29.6 Å². The van der Waals surface area contributed by atoms with E-state index in [1.807, 2.05) is 24.8 Å². The highest BCUT2D eigenvalue weighted by Gasteiger charge is 2.39.